The number of nitrogens with one attached hydrogen (secondary N) is 2. The summed E-state index contributed by atoms with van der Waals surface area (Å²) in [5.41, 5.74) is 1.66. The number of fused-ring (bicyclic) bond motifs is 1. The van der Waals surface area contributed by atoms with Crippen LogP contribution in [0.2, 0.25) is 0 Å². The Balaban J connectivity index is 1.05. The van der Waals surface area contributed by atoms with E-state index in [2.05, 4.69) is 34.7 Å². The van der Waals surface area contributed by atoms with Crippen LogP contribution in [0.1, 0.15) is 219 Å². The predicted octanol–water partition coefficient (Wildman–Crippen LogP) is 21.0. The zero-order valence-electron chi connectivity index (χ0n) is 46.2. The van der Waals surface area contributed by atoms with Crippen molar-refractivity contribution in [3.05, 3.63) is 97.1 Å². The second kappa shape index (κ2) is 34.8. The highest BCUT2D eigenvalue weighted by atomic mass is 16.6. The van der Waals surface area contributed by atoms with Crippen LogP contribution in [0.25, 0.3) is 21.5 Å². The molecule has 0 amide bonds. The largest absolute Gasteiger partial charge is 0.462 e. The summed E-state index contributed by atoms with van der Waals surface area (Å²) in [6.07, 6.45) is 40.3. The van der Waals surface area contributed by atoms with Gasteiger partial charge in [-0.25, -0.2) is 9.59 Å². The molecular weight excluding hydrogens is 929 g/mol. The van der Waals surface area contributed by atoms with E-state index >= 15 is 0 Å². The van der Waals surface area contributed by atoms with Crippen LogP contribution in [0, 0.1) is 0 Å². The van der Waals surface area contributed by atoms with Gasteiger partial charge in [-0.1, -0.05) is 267 Å². The molecule has 75 heavy (non-hydrogen) atoms. The SMILES string of the molecule is CCCCCCCCCCCCCCCCCCOC(=O)C1(C(=O)OCCCCCCCCCCCCCCCCCC)Nc2cccc3ccc(N=Nc4ccc(N=Nc5ccccc5)c5ccccc45)c(c23)N1. The second-order valence-electron chi connectivity index (χ2n) is 21.1. The number of ether oxygens (including phenoxy) is 2. The molecule has 0 saturated carbocycles. The molecule has 10 heteroatoms. The Morgan fingerprint density at radius 1 is 0.387 bits per heavy atom. The lowest BCUT2D eigenvalue weighted by molar-refractivity contribution is -0.161. The molecule has 0 fully saturated rings. The molecule has 0 bridgehead atoms. The highest BCUT2D eigenvalue weighted by Crippen LogP contribution is 2.45. The minimum absolute atomic E-state index is 0.210. The van der Waals surface area contributed by atoms with Gasteiger partial charge in [-0.3, -0.25) is 0 Å². The summed E-state index contributed by atoms with van der Waals surface area (Å²) in [6, 6.07) is 31.0. The first-order valence-electron chi connectivity index (χ1n) is 29.9. The molecule has 2 N–H and O–H groups in total. The topological polar surface area (TPSA) is 126 Å². The lowest BCUT2D eigenvalue weighted by atomic mass is 9.98. The molecule has 0 unspecified atom stereocenters. The maximum Gasteiger partial charge on any atom is 0.365 e. The van der Waals surface area contributed by atoms with Crippen molar-refractivity contribution in [3.8, 4) is 0 Å². The van der Waals surface area contributed by atoms with Crippen LogP contribution in [0.3, 0.4) is 0 Å². The van der Waals surface area contributed by atoms with Crippen LogP contribution < -0.4 is 10.6 Å². The standard InChI is InChI=1S/C65H92N6O4/c1-3-5-7-9-11-13-15-17-19-21-23-25-27-29-31-38-51-74-63(72)65(64(73)75-52-39-32-30-28-26-24-22-20-18-16-14-12-10-8-6-4-2)66-59-46-40-41-53-47-48-60(62(67-65)61(53)59)71-70-58-50-49-57(55-44-36-37-45-56(55)58)69-68-54-42-34-33-35-43-54/h33-37,40-50,66-67H,3-32,38-39,51-52H2,1-2H3. The van der Waals surface area contributed by atoms with Crippen molar-refractivity contribution in [3.63, 3.8) is 0 Å². The van der Waals surface area contributed by atoms with Crippen molar-refractivity contribution in [2.45, 2.75) is 225 Å². The molecule has 5 aromatic carbocycles. The minimum Gasteiger partial charge on any atom is -0.462 e. The van der Waals surface area contributed by atoms with Gasteiger partial charge in [-0.2, -0.15) is 5.11 Å². The van der Waals surface area contributed by atoms with Crippen molar-refractivity contribution in [2.24, 2.45) is 20.5 Å². The Labute approximate surface area is 451 Å². The van der Waals surface area contributed by atoms with Crippen LogP contribution in [0.5, 0.6) is 0 Å². The van der Waals surface area contributed by atoms with Crippen molar-refractivity contribution >= 4 is 67.6 Å². The average Bonchev–Trinajstić information content (AvgIpc) is 3.45. The van der Waals surface area contributed by atoms with E-state index in [9.17, 15) is 9.59 Å². The Morgan fingerprint density at radius 3 is 1.23 bits per heavy atom. The van der Waals surface area contributed by atoms with Gasteiger partial charge in [-0.15, -0.1) is 15.3 Å². The van der Waals surface area contributed by atoms with Crippen molar-refractivity contribution in [2.75, 3.05) is 23.8 Å². The number of hydrogen-bond acceptors (Lipinski definition) is 10. The van der Waals surface area contributed by atoms with E-state index in [4.69, 9.17) is 19.7 Å². The molecule has 0 radical (unpaired) electrons. The summed E-state index contributed by atoms with van der Waals surface area (Å²) in [6.45, 7) is 4.97. The monoisotopic (exact) mass is 1020 g/mol. The van der Waals surface area contributed by atoms with E-state index in [-0.39, 0.29) is 13.2 Å². The molecular formula is C65H92N6O4. The third-order valence-corrected chi connectivity index (χ3v) is 14.9. The molecule has 406 valence electrons. The number of unbranched alkanes of at least 4 members (excludes halogenated alkanes) is 30. The lowest BCUT2D eigenvalue weighted by Crippen LogP contribution is -2.62. The zero-order chi connectivity index (χ0) is 52.4. The third kappa shape index (κ3) is 19.8. The molecule has 1 heterocycles. The van der Waals surface area contributed by atoms with Gasteiger partial charge in [-0.05, 0) is 54.6 Å². The molecule has 0 spiro atoms. The first-order chi connectivity index (χ1) is 37.0. The summed E-state index contributed by atoms with van der Waals surface area (Å²) in [7, 11) is 0. The van der Waals surface area contributed by atoms with Gasteiger partial charge in [0.2, 0.25) is 0 Å². The van der Waals surface area contributed by atoms with Crippen LogP contribution in [-0.4, -0.2) is 30.8 Å². The Morgan fingerprint density at radius 2 is 0.773 bits per heavy atom. The number of carbonyl (C=O) groups is 2. The molecule has 5 aromatic rings. The summed E-state index contributed by atoms with van der Waals surface area (Å²) in [5.74, 6) is -1.44. The van der Waals surface area contributed by atoms with E-state index in [0.29, 0.717) is 28.4 Å². The van der Waals surface area contributed by atoms with Crippen LogP contribution in [-0.2, 0) is 19.1 Å². The van der Waals surface area contributed by atoms with Gasteiger partial charge in [0.1, 0.15) is 5.69 Å². The summed E-state index contributed by atoms with van der Waals surface area (Å²) in [5, 5.41) is 28.7. The Bertz CT molecular complexity index is 2420. The van der Waals surface area contributed by atoms with Gasteiger partial charge in [0.15, 0.2) is 0 Å². The Hall–Kier alpha value is -5.64. The zero-order valence-corrected chi connectivity index (χ0v) is 46.2. The minimum atomic E-state index is -2.03. The molecule has 1 aliphatic rings. The molecule has 6 rings (SSSR count). The number of benzene rings is 5. The smallest absolute Gasteiger partial charge is 0.365 e. The third-order valence-electron chi connectivity index (χ3n) is 14.9. The predicted molar refractivity (Wildman–Crippen MR) is 314 cm³/mol. The Kier molecular flexibility index (Phi) is 27.2. The number of esters is 2. The molecule has 10 nitrogen and oxygen atoms in total. The molecule has 0 aromatic heterocycles. The first-order valence-corrected chi connectivity index (χ1v) is 29.9. The number of nitrogens with zero attached hydrogens (tertiary/aromatic N) is 4. The maximum atomic E-state index is 14.5. The van der Waals surface area contributed by atoms with E-state index in [0.717, 1.165) is 65.8 Å². The number of anilines is 2. The van der Waals surface area contributed by atoms with E-state index in [1.807, 2.05) is 97.1 Å². The highest BCUT2D eigenvalue weighted by Gasteiger charge is 2.52. The summed E-state index contributed by atoms with van der Waals surface area (Å²) < 4.78 is 12.0. The quantitative estimate of drug-likeness (QED) is 0.0174. The van der Waals surface area contributed by atoms with Crippen LogP contribution in [0.4, 0.5) is 34.1 Å². The average molecular weight is 1020 g/mol. The van der Waals surface area contributed by atoms with Gasteiger partial charge in [0, 0.05) is 21.8 Å². The van der Waals surface area contributed by atoms with Gasteiger partial charge in [0.05, 0.1) is 36.0 Å². The molecule has 0 saturated heterocycles. The number of rotatable bonds is 40. The van der Waals surface area contributed by atoms with Crippen molar-refractivity contribution < 1.29 is 19.1 Å². The van der Waals surface area contributed by atoms with Gasteiger partial charge >= 0.3 is 17.6 Å². The fraction of sp³-hybridized carbons (Fsp3) is 0.569. The molecule has 0 aliphatic carbocycles. The highest BCUT2D eigenvalue weighted by molar-refractivity contribution is 6.19. The van der Waals surface area contributed by atoms with E-state index < -0.39 is 17.6 Å². The molecule has 1 aliphatic heterocycles. The summed E-state index contributed by atoms with van der Waals surface area (Å²) in [4.78, 5) is 29.1. The lowest BCUT2D eigenvalue weighted by Gasteiger charge is -2.37. The number of hydrogen-bond donors (Lipinski definition) is 2. The summed E-state index contributed by atoms with van der Waals surface area (Å²) >= 11 is 0. The molecule has 0 atom stereocenters. The normalized spacial score (nSPS) is 12.9. The van der Waals surface area contributed by atoms with Crippen molar-refractivity contribution in [1.82, 2.24) is 0 Å². The fourth-order valence-corrected chi connectivity index (χ4v) is 10.4. The van der Waals surface area contributed by atoms with Crippen LogP contribution >= 0.6 is 0 Å². The van der Waals surface area contributed by atoms with E-state index in [1.165, 1.54) is 167 Å². The first kappa shape index (κ1) is 58.6. The van der Waals surface area contributed by atoms with Gasteiger partial charge in [0.25, 0.3) is 0 Å². The number of carbonyl (C=O) groups excluding carboxylic acids is 2. The fourth-order valence-electron chi connectivity index (χ4n) is 10.4. The van der Waals surface area contributed by atoms with Crippen LogP contribution in [0.15, 0.2) is 118 Å². The maximum absolute atomic E-state index is 14.5. The van der Waals surface area contributed by atoms with Gasteiger partial charge < -0.3 is 20.1 Å². The second-order valence-corrected chi connectivity index (χ2v) is 21.1. The number of azo groups is 2. The van der Waals surface area contributed by atoms with E-state index in [1.54, 1.807) is 0 Å². The van der Waals surface area contributed by atoms with Crippen molar-refractivity contribution in [1.29, 1.82) is 0 Å².